The Morgan fingerprint density at radius 3 is 3.00 bits per heavy atom. The number of fused-ring (bicyclic) bond motifs is 1. The molecule has 0 spiro atoms. The maximum atomic E-state index is 10.6. The van der Waals surface area contributed by atoms with Crippen LogP contribution in [0.25, 0.3) is 0 Å². The molecular formula is C15H18BrNO3. The Labute approximate surface area is 126 Å². The highest BCUT2D eigenvalue weighted by molar-refractivity contribution is 9.10. The number of nitrogens with zero attached hydrogens (tertiary/aromatic N) is 1. The first-order chi connectivity index (χ1) is 9.48. The first kappa shape index (κ1) is 14.0. The third kappa shape index (κ3) is 2.50. The van der Waals surface area contributed by atoms with Crippen molar-refractivity contribution in [1.29, 1.82) is 0 Å². The second-order valence-corrected chi connectivity index (χ2v) is 6.75. The SMILES string of the molecule is CC1(OCC(=O)O)CN(C2CCc3c(Br)cccc32)C1. The molecule has 0 bridgehead atoms. The lowest BCUT2D eigenvalue weighted by Gasteiger charge is -2.50. The van der Waals surface area contributed by atoms with Crippen molar-refractivity contribution in [2.45, 2.75) is 31.4 Å². The second-order valence-electron chi connectivity index (χ2n) is 5.90. The number of halogens is 1. The van der Waals surface area contributed by atoms with E-state index in [1.54, 1.807) is 0 Å². The van der Waals surface area contributed by atoms with Crippen LogP contribution < -0.4 is 0 Å². The highest BCUT2D eigenvalue weighted by atomic mass is 79.9. The van der Waals surface area contributed by atoms with Gasteiger partial charge in [0, 0.05) is 23.6 Å². The fraction of sp³-hybridized carbons (Fsp3) is 0.533. The number of hydrogen-bond acceptors (Lipinski definition) is 3. The summed E-state index contributed by atoms with van der Waals surface area (Å²) < 4.78 is 6.68. The zero-order valence-electron chi connectivity index (χ0n) is 11.4. The van der Waals surface area contributed by atoms with Crippen LogP contribution in [0.4, 0.5) is 0 Å². The molecule has 1 heterocycles. The van der Waals surface area contributed by atoms with Gasteiger partial charge in [-0.25, -0.2) is 4.79 Å². The normalized spacial score (nSPS) is 24.2. The fourth-order valence-corrected chi connectivity index (χ4v) is 3.91. The summed E-state index contributed by atoms with van der Waals surface area (Å²) in [5, 5.41) is 8.69. The number of benzene rings is 1. The van der Waals surface area contributed by atoms with Crippen LogP contribution >= 0.6 is 15.9 Å². The standard InChI is InChI=1S/C15H18BrNO3/c1-15(20-7-14(18)19)8-17(9-15)13-6-5-10-11(13)3-2-4-12(10)16/h2-4,13H,5-9H2,1H3,(H,18,19). The van der Waals surface area contributed by atoms with Crippen LogP contribution in [0.15, 0.2) is 22.7 Å². The van der Waals surface area contributed by atoms with E-state index in [2.05, 4.69) is 39.0 Å². The summed E-state index contributed by atoms with van der Waals surface area (Å²) in [5.74, 6) is -0.903. The quantitative estimate of drug-likeness (QED) is 0.915. The Bertz CT molecular complexity index is 540. The van der Waals surface area contributed by atoms with Crippen molar-refractivity contribution in [3.05, 3.63) is 33.8 Å². The van der Waals surface area contributed by atoms with Crippen molar-refractivity contribution in [2.24, 2.45) is 0 Å². The summed E-state index contributed by atoms with van der Waals surface area (Å²) in [5.41, 5.74) is 2.50. The molecule has 1 atom stereocenters. The van der Waals surface area contributed by atoms with E-state index in [0.717, 1.165) is 25.9 Å². The van der Waals surface area contributed by atoms with Gasteiger partial charge in [-0.15, -0.1) is 0 Å². The van der Waals surface area contributed by atoms with Gasteiger partial charge in [0.1, 0.15) is 6.61 Å². The molecule has 4 nitrogen and oxygen atoms in total. The number of hydrogen-bond donors (Lipinski definition) is 1. The summed E-state index contributed by atoms with van der Waals surface area (Å²) in [6.07, 6.45) is 2.23. The molecule has 1 saturated heterocycles. The molecule has 0 radical (unpaired) electrons. The fourth-order valence-electron chi connectivity index (χ4n) is 3.33. The van der Waals surface area contributed by atoms with Gasteiger partial charge in [0.2, 0.25) is 0 Å². The Morgan fingerprint density at radius 2 is 2.30 bits per heavy atom. The summed E-state index contributed by atoms with van der Waals surface area (Å²) in [4.78, 5) is 13.0. The van der Waals surface area contributed by atoms with E-state index in [0.29, 0.717) is 6.04 Å². The van der Waals surface area contributed by atoms with Crippen molar-refractivity contribution >= 4 is 21.9 Å². The lowest BCUT2D eigenvalue weighted by atomic mass is 9.92. The number of likely N-dealkylation sites (tertiary alicyclic amines) is 1. The molecule has 3 rings (SSSR count). The monoisotopic (exact) mass is 339 g/mol. The van der Waals surface area contributed by atoms with Gasteiger partial charge in [-0.3, -0.25) is 4.90 Å². The van der Waals surface area contributed by atoms with Gasteiger partial charge in [-0.1, -0.05) is 28.1 Å². The highest BCUT2D eigenvalue weighted by Crippen LogP contribution is 2.43. The molecule has 1 aliphatic carbocycles. The molecule has 0 amide bonds. The third-order valence-electron chi connectivity index (χ3n) is 4.24. The molecule has 0 aromatic heterocycles. The maximum absolute atomic E-state index is 10.6. The molecule has 1 aliphatic heterocycles. The van der Waals surface area contributed by atoms with Gasteiger partial charge in [-0.05, 0) is 37.0 Å². The zero-order chi connectivity index (χ0) is 14.3. The minimum absolute atomic E-state index is 0.211. The van der Waals surface area contributed by atoms with Gasteiger partial charge in [0.25, 0.3) is 0 Å². The number of rotatable bonds is 4. The molecule has 1 fully saturated rings. The van der Waals surface area contributed by atoms with Gasteiger partial charge in [0.15, 0.2) is 0 Å². The second kappa shape index (κ2) is 5.13. The topological polar surface area (TPSA) is 49.8 Å². The van der Waals surface area contributed by atoms with Crippen LogP contribution in [0.3, 0.4) is 0 Å². The number of aliphatic carboxylic acids is 1. The zero-order valence-corrected chi connectivity index (χ0v) is 13.0. The van der Waals surface area contributed by atoms with Crippen molar-refractivity contribution in [1.82, 2.24) is 4.90 Å². The maximum Gasteiger partial charge on any atom is 0.329 e. The van der Waals surface area contributed by atoms with Crippen LogP contribution in [0, 0.1) is 0 Å². The van der Waals surface area contributed by atoms with Gasteiger partial charge < -0.3 is 9.84 Å². The summed E-state index contributed by atoms with van der Waals surface area (Å²) >= 11 is 3.62. The van der Waals surface area contributed by atoms with E-state index in [4.69, 9.17) is 9.84 Å². The third-order valence-corrected chi connectivity index (χ3v) is 4.98. The first-order valence-corrected chi connectivity index (χ1v) is 7.65. The van der Waals surface area contributed by atoms with Crippen LogP contribution in [-0.2, 0) is 16.0 Å². The van der Waals surface area contributed by atoms with E-state index in [1.807, 2.05) is 6.92 Å². The van der Waals surface area contributed by atoms with E-state index in [9.17, 15) is 4.79 Å². The Balaban J connectivity index is 1.65. The van der Waals surface area contributed by atoms with Gasteiger partial charge in [-0.2, -0.15) is 0 Å². The average Bonchev–Trinajstić information content (AvgIpc) is 2.78. The molecule has 2 aliphatic rings. The van der Waals surface area contributed by atoms with Crippen molar-refractivity contribution < 1.29 is 14.6 Å². The lowest BCUT2D eigenvalue weighted by Crippen LogP contribution is -2.62. The number of ether oxygens (including phenoxy) is 1. The smallest absolute Gasteiger partial charge is 0.329 e. The summed E-state index contributed by atoms with van der Waals surface area (Å²) in [6.45, 7) is 3.38. The van der Waals surface area contributed by atoms with E-state index < -0.39 is 5.97 Å². The molecule has 0 saturated carbocycles. The molecule has 1 aromatic carbocycles. The van der Waals surface area contributed by atoms with Crippen molar-refractivity contribution in [3.8, 4) is 0 Å². The van der Waals surface area contributed by atoms with E-state index in [1.165, 1.54) is 15.6 Å². The molecular weight excluding hydrogens is 322 g/mol. The van der Waals surface area contributed by atoms with E-state index >= 15 is 0 Å². The molecule has 1 unspecified atom stereocenters. The van der Waals surface area contributed by atoms with Crippen molar-refractivity contribution in [3.63, 3.8) is 0 Å². The molecule has 20 heavy (non-hydrogen) atoms. The molecule has 1 N–H and O–H groups in total. The van der Waals surface area contributed by atoms with Crippen LogP contribution in [0.2, 0.25) is 0 Å². The average molecular weight is 340 g/mol. The Kier molecular flexibility index (Phi) is 3.60. The number of carbonyl (C=O) groups is 1. The highest BCUT2D eigenvalue weighted by Gasteiger charge is 2.45. The summed E-state index contributed by atoms with van der Waals surface area (Å²) in [6, 6.07) is 6.83. The molecule has 108 valence electrons. The van der Waals surface area contributed by atoms with Crippen LogP contribution in [0.1, 0.15) is 30.5 Å². The molecule has 5 heteroatoms. The largest absolute Gasteiger partial charge is 0.480 e. The summed E-state index contributed by atoms with van der Waals surface area (Å²) in [7, 11) is 0. The molecule has 1 aromatic rings. The minimum atomic E-state index is -0.903. The lowest BCUT2D eigenvalue weighted by molar-refractivity contribution is -0.169. The van der Waals surface area contributed by atoms with Crippen LogP contribution in [0.5, 0.6) is 0 Å². The van der Waals surface area contributed by atoms with Gasteiger partial charge >= 0.3 is 5.97 Å². The predicted molar refractivity (Wildman–Crippen MR) is 78.8 cm³/mol. The van der Waals surface area contributed by atoms with E-state index in [-0.39, 0.29) is 12.2 Å². The predicted octanol–water partition coefficient (Wildman–Crippen LogP) is 2.61. The minimum Gasteiger partial charge on any atom is -0.480 e. The Morgan fingerprint density at radius 1 is 1.55 bits per heavy atom. The Hall–Kier alpha value is -0.910. The number of carboxylic acid groups (broad SMARTS) is 1. The first-order valence-electron chi connectivity index (χ1n) is 6.86. The number of carboxylic acids is 1. The van der Waals surface area contributed by atoms with Crippen LogP contribution in [-0.4, -0.2) is 41.3 Å². The van der Waals surface area contributed by atoms with Gasteiger partial charge in [0.05, 0.1) is 5.60 Å². The van der Waals surface area contributed by atoms with Crippen molar-refractivity contribution in [2.75, 3.05) is 19.7 Å².